The van der Waals surface area contributed by atoms with E-state index in [0.29, 0.717) is 5.56 Å². The van der Waals surface area contributed by atoms with Crippen LogP contribution in [0.2, 0.25) is 0 Å². The van der Waals surface area contributed by atoms with Crippen LogP contribution in [-0.4, -0.2) is 39.7 Å². The average Bonchev–Trinajstić information content (AvgIpc) is 3.07. The summed E-state index contributed by atoms with van der Waals surface area (Å²) in [7, 11) is 3.52. The van der Waals surface area contributed by atoms with Crippen molar-refractivity contribution >= 4 is 17.7 Å². The zero-order valence-corrected chi connectivity index (χ0v) is 16.2. The molecule has 2 aromatic carbocycles. The van der Waals surface area contributed by atoms with Crippen molar-refractivity contribution in [1.29, 1.82) is 0 Å². The lowest BCUT2D eigenvalue weighted by atomic mass is 10.1. The lowest BCUT2D eigenvalue weighted by Crippen LogP contribution is -2.21. The standard InChI is InChI=1S/C20H22N4OS/c1-14-8-9-18(15(2)10-14)24-13-21-22-20(24)26-12-16-6-5-7-17(11-16)19(25)23(3)4/h5-11,13H,12H2,1-4H3. The maximum atomic E-state index is 12.1. The normalized spacial score (nSPS) is 10.8. The van der Waals surface area contributed by atoms with Gasteiger partial charge in [0.05, 0.1) is 5.69 Å². The Morgan fingerprint density at radius 2 is 1.96 bits per heavy atom. The maximum Gasteiger partial charge on any atom is 0.253 e. The molecule has 0 unspecified atom stereocenters. The Labute approximate surface area is 158 Å². The summed E-state index contributed by atoms with van der Waals surface area (Å²) in [6, 6.07) is 14.1. The second-order valence-corrected chi connectivity index (χ2v) is 7.40. The van der Waals surface area contributed by atoms with E-state index >= 15 is 0 Å². The van der Waals surface area contributed by atoms with Crippen LogP contribution in [-0.2, 0) is 5.75 Å². The number of benzene rings is 2. The number of rotatable bonds is 5. The SMILES string of the molecule is Cc1ccc(-n2cnnc2SCc2cccc(C(=O)N(C)C)c2)c(C)c1. The van der Waals surface area contributed by atoms with Crippen LogP contribution in [0, 0.1) is 13.8 Å². The van der Waals surface area contributed by atoms with E-state index in [4.69, 9.17) is 0 Å². The van der Waals surface area contributed by atoms with Gasteiger partial charge >= 0.3 is 0 Å². The van der Waals surface area contributed by atoms with Crippen molar-refractivity contribution in [2.75, 3.05) is 14.1 Å². The van der Waals surface area contributed by atoms with Gasteiger partial charge in [0, 0.05) is 25.4 Å². The lowest BCUT2D eigenvalue weighted by molar-refractivity contribution is 0.0827. The number of nitrogens with zero attached hydrogens (tertiary/aromatic N) is 4. The maximum absolute atomic E-state index is 12.1. The molecule has 3 aromatic rings. The van der Waals surface area contributed by atoms with Crippen LogP contribution in [0.15, 0.2) is 53.9 Å². The highest BCUT2D eigenvalue weighted by Gasteiger charge is 2.11. The summed E-state index contributed by atoms with van der Waals surface area (Å²) in [4.78, 5) is 13.7. The number of thioether (sulfide) groups is 1. The van der Waals surface area contributed by atoms with Crippen molar-refractivity contribution in [2.24, 2.45) is 0 Å². The number of aryl methyl sites for hydroxylation is 2. The molecule has 0 atom stereocenters. The van der Waals surface area contributed by atoms with Gasteiger partial charge in [-0.2, -0.15) is 0 Å². The van der Waals surface area contributed by atoms with Gasteiger partial charge in [-0.05, 0) is 43.2 Å². The molecule has 0 spiro atoms. The number of hydrogen-bond acceptors (Lipinski definition) is 4. The Bertz CT molecular complexity index is 933. The fraction of sp³-hybridized carbons (Fsp3) is 0.250. The van der Waals surface area contributed by atoms with E-state index in [-0.39, 0.29) is 5.91 Å². The molecule has 0 saturated heterocycles. The molecule has 3 rings (SSSR count). The molecule has 0 radical (unpaired) electrons. The molecule has 134 valence electrons. The fourth-order valence-corrected chi connectivity index (χ4v) is 3.63. The van der Waals surface area contributed by atoms with Gasteiger partial charge in [0.1, 0.15) is 6.33 Å². The van der Waals surface area contributed by atoms with E-state index in [0.717, 1.165) is 22.2 Å². The summed E-state index contributed by atoms with van der Waals surface area (Å²) in [5, 5.41) is 9.17. The van der Waals surface area contributed by atoms with Crippen molar-refractivity contribution < 1.29 is 4.79 Å². The fourth-order valence-electron chi connectivity index (χ4n) is 2.76. The molecular formula is C20H22N4OS. The number of aromatic nitrogens is 3. The third-order valence-electron chi connectivity index (χ3n) is 4.08. The van der Waals surface area contributed by atoms with Crippen LogP contribution in [0.5, 0.6) is 0 Å². The van der Waals surface area contributed by atoms with Gasteiger partial charge in [-0.1, -0.05) is 41.6 Å². The van der Waals surface area contributed by atoms with Gasteiger partial charge in [-0.3, -0.25) is 9.36 Å². The highest BCUT2D eigenvalue weighted by atomic mass is 32.2. The monoisotopic (exact) mass is 366 g/mol. The smallest absolute Gasteiger partial charge is 0.253 e. The summed E-state index contributed by atoms with van der Waals surface area (Å²) in [6.45, 7) is 4.17. The zero-order valence-electron chi connectivity index (χ0n) is 15.4. The minimum absolute atomic E-state index is 0.00953. The second-order valence-electron chi connectivity index (χ2n) is 6.46. The van der Waals surface area contributed by atoms with Gasteiger partial charge in [0.2, 0.25) is 0 Å². The van der Waals surface area contributed by atoms with Gasteiger partial charge < -0.3 is 4.90 Å². The molecule has 1 amide bonds. The molecule has 6 heteroatoms. The molecule has 0 aliphatic heterocycles. The predicted octanol–water partition coefficient (Wildman–Crippen LogP) is 3.88. The van der Waals surface area contributed by atoms with Crippen LogP contribution in [0.4, 0.5) is 0 Å². The van der Waals surface area contributed by atoms with Crippen LogP contribution in [0.25, 0.3) is 5.69 Å². The molecule has 0 saturated carbocycles. The third-order valence-corrected chi connectivity index (χ3v) is 5.09. The van der Waals surface area contributed by atoms with Crippen LogP contribution < -0.4 is 0 Å². The molecule has 5 nitrogen and oxygen atoms in total. The topological polar surface area (TPSA) is 51.0 Å². The first kappa shape index (κ1) is 18.2. The van der Waals surface area contributed by atoms with Gasteiger partial charge in [0.15, 0.2) is 5.16 Å². The molecular weight excluding hydrogens is 344 g/mol. The summed E-state index contributed by atoms with van der Waals surface area (Å²) in [5.74, 6) is 0.730. The quantitative estimate of drug-likeness (QED) is 0.643. The van der Waals surface area contributed by atoms with Crippen LogP contribution in [0.3, 0.4) is 0 Å². The molecule has 0 fully saturated rings. The zero-order chi connectivity index (χ0) is 18.7. The number of hydrogen-bond donors (Lipinski definition) is 0. The molecule has 0 aliphatic carbocycles. The Morgan fingerprint density at radius 1 is 1.15 bits per heavy atom. The molecule has 0 bridgehead atoms. The number of carbonyl (C=O) groups excluding carboxylic acids is 1. The van der Waals surface area contributed by atoms with Crippen molar-refractivity contribution in [2.45, 2.75) is 24.8 Å². The van der Waals surface area contributed by atoms with Gasteiger partial charge in [-0.25, -0.2) is 0 Å². The predicted molar refractivity (Wildman–Crippen MR) is 105 cm³/mol. The van der Waals surface area contributed by atoms with Crippen LogP contribution >= 0.6 is 11.8 Å². The molecule has 0 aliphatic rings. The Kier molecular flexibility index (Phi) is 5.42. The van der Waals surface area contributed by atoms with Gasteiger partial charge in [-0.15, -0.1) is 10.2 Å². The summed E-state index contributed by atoms with van der Waals surface area (Å²) in [6.07, 6.45) is 1.74. The van der Waals surface area contributed by atoms with Crippen molar-refractivity contribution in [3.63, 3.8) is 0 Å². The molecule has 1 heterocycles. The van der Waals surface area contributed by atoms with E-state index < -0.39 is 0 Å². The summed E-state index contributed by atoms with van der Waals surface area (Å²) in [5.41, 5.74) is 5.28. The molecule has 0 N–H and O–H groups in total. The number of amides is 1. The van der Waals surface area contributed by atoms with E-state index in [9.17, 15) is 4.79 Å². The van der Waals surface area contributed by atoms with Crippen LogP contribution in [0.1, 0.15) is 27.0 Å². The summed E-state index contributed by atoms with van der Waals surface area (Å²) >= 11 is 1.61. The van der Waals surface area contributed by atoms with E-state index in [1.807, 2.05) is 28.8 Å². The average molecular weight is 366 g/mol. The highest BCUT2D eigenvalue weighted by molar-refractivity contribution is 7.98. The number of carbonyl (C=O) groups is 1. The summed E-state index contributed by atoms with van der Waals surface area (Å²) < 4.78 is 2.01. The molecule has 1 aromatic heterocycles. The second kappa shape index (κ2) is 7.74. The minimum Gasteiger partial charge on any atom is -0.345 e. The first-order chi connectivity index (χ1) is 12.5. The van der Waals surface area contributed by atoms with Crippen molar-refractivity contribution in [3.8, 4) is 5.69 Å². The van der Waals surface area contributed by atoms with Crippen molar-refractivity contribution in [1.82, 2.24) is 19.7 Å². The third kappa shape index (κ3) is 3.96. The Balaban J connectivity index is 1.79. The van der Waals surface area contributed by atoms with E-state index in [1.54, 1.807) is 37.1 Å². The Hall–Kier alpha value is -2.60. The highest BCUT2D eigenvalue weighted by Crippen LogP contribution is 2.25. The van der Waals surface area contributed by atoms with E-state index in [2.05, 4.69) is 42.2 Å². The van der Waals surface area contributed by atoms with Gasteiger partial charge in [0.25, 0.3) is 5.91 Å². The first-order valence-electron chi connectivity index (χ1n) is 8.37. The van der Waals surface area contributed by atoms with E-state index in [1.165, 1.54) is 11.1 Å². The minimum atomic E-state index is 0.00953. The first-order valence-corrected chi connectivity index (χ1v) is 9.35. The molecule has 26 heavy (non-hydrogen) atoms. The lowest BCUT2D eigenvalue weighted by Gasteiger charge is -2.12. The van der Waals surface area contributed by atoms with Crippen molar-refractivity contribution in [3.05, 3.63) is 71.0 Å². The largest absolute Gasteiger partial charge is 0.345 e. The Morgan fingerprint density at radius 3 is 2.69 bits per heavy atom.